The number of thioether (sulfide) groups is 1. The molecule has 3 unspecified atom stereocenters. The van der Waals surface area contributed by atoms with Gasteiger partial charge < -0.3 is 34.5 Å². The molecule has 0 aromatic heterocycles. The first-order chi connectivity index (χ1) is 13.4. The summed E-state index contributed by atoms with van der Waals surface area (Å²) in [5.41, 5.74) is -1.65. The number of aliphatic hydroxyl groups excluding tert-OH is 2. The van der Waals surface area contributed by atoms with Crippen LogP contribution in [0.4, 0.5) is 4.79 Å². The first-order valence-electron chi connectivity index (χ1n) is 9.19. The summed E-state index contributed by atoms with van der Waals surface area (Å²) in [6.07, 6.45) is -3.77. The van der Waals surface area contributed by atoms with Gasteiger partial charge in [0, 0.05) is 18.6 Å². The lowest BCUT2D eigenvalue weighted by Crippen LogP contribution is -2.54. The molecule has 1 amide bonds. The van der Waals surface area contributed by atoms with Gasteiger partial charge in [-0.2, -0.15) is 0 Å². The van der Waals surface area contributed by atoms with Gasteiger partial charge in [0.2, 0.25) is 0 Å². The molecule has 1 aliphatic heterocycles. The molecule has 0 aliphatic carbocycles. The van der Waals surface area contributed by atoms with E-state index in [1.165, 1.54) is 14.0 Å². The molecule has 1 rings (SSSR count). The summed E-state index contributed by atoms with van der Waals surface area (Å²) in [7, 11) is 1.18. The molecule has 168 valence electrons. The molecular formula is C18H31NO9S. The SMILES string of the molecule is COC(=O)C(CS[C@H]1OC(COC(C)=O)[C@@H](C)[C@H](O)C1O)NC(=O)OC(C)(C)C. The van der Waals surface area contributed by atoms with Gasteiger partial charge in [-0.1, -0.05) is 6.92 Å². The number of carbonyl (C=O) groups is 3. The zero-order chi connectivity index (χ0) is 22.4. The van der Waals surface area contributed by atoms with Crippen LogP contribution in [0.25, 0.3) is 0 Å². The lowest BCUT2D eigenvalue weighted by atomic mass is 9.92. The number of hydrogen-bond acceptors (Lipinski definition) is 10. The first-order valence-corrected chi connectivity index (χ1v) is 10.2. The molecule has 29 heavy (non-hydrogen) atoms. The number of hydrogen-bond donors (Lipinski definition) is 3. The molecule has 0 aromatic rings. The van der Waals surface area contributed by atoms with Gasteiger partial charge in [0.05, 0.1) is 19.3 Å². The predicted octanol–water partition coefficient (Wildman–Crippen LogP) is 0.432. The normalized spacial score (nSPS) is 28.2. The maximum absolute atomic E-state index is 12.0. The number of aliphatic hydroxyl groups is 2. The van der Waals surface area contributed by atoms with Gasteiger partial charge in [0.1, 0.15) is 29.8 Å². The van der Waals surface area contributed by atoms with Crippen molar-refractivity contribution in [3.8, 4) is 0 Å². The van der Waals surface area contributed by atoms with Gasteiger partial charge in [-0.05, 0) is 20.8 Å². The smallest absolute Gasteiger partial charge is 0.408 e. The van der Waals surface area contributed by atoms with Crippen LogP contribution < -0.4 is 5.32 Å². The van der Waals surface area contributed by atoms with Crippen LogP contribution in [0.3, 0.4) is 0 Å². The number of ether oxygens (including phenoxy) is 4. The third-order valence-corrected chi connectivity index (χ3v) is 5.36. The Kier molecular flexibility index (Phi) is 9.66. The van der Waals surface area contributed by atoms with Gasteiger partial charge >= 0.3 is 18.0 Å². The molecule has 11 heteroatoms. The predicted molar refractivity (Wildman–Crippen MR) is 104 cm³/mol. The minimum atomic E-state index is -1.23. The highest BCUT2D eigenvalue weighted by Gasteiger charge is 2.43. The average molecular weight is 438 g/mol. The molecule has 0 saturated carbocycles. The maximum atomic E-state index is 12.0. The van der Waals surface area contributed by atoms with E-state index in [-0.39, 0.29) is 12.4 Å². The molecule has 3 N–H and O–H groups in total. The van der Waals surface area contributed by atoms with Crippen molar-refractivity contribution >= 4 is 29.8 Å². The van der Waals surface area contributed by atoms with Crippen LogP contribution in [0.1, 0.15) is 34.6 Å². The van der Waals surface area contributed by atoms with Crippen molar-refractivity contribution in [1.82, 2.24) is 5.32 Å². The standard InChI is InChI=1S/C18H31NO9S/c1-9-12(7-26-10(2)20)27-16(14(22)13(9)21)29-8-11(15(23)25-6)19-17(24)28-18(3,4)5/h9,11-14,16,21-22H,7-8H2,1-6H3,(H,19,24)/t9-,11?,12?,13+,14?,16-/m1/s1. The Morgan fingerprint density at radius 3 is 2.34 bits per heavy atom. The van der Waals surface area contributed by atoms with Crippen molar-refractivity contribution in [3.05, 3.63) is 0 Å². The van der Waals surface area contributed by atoms with E-state index < -0.39 is 59.3 Å². The number of amides is 1. The Labute approximate surface area is 174 Å². The monoisotopic (exact) mass is 437 g/mol. The molecule has 1 fully saturated rings. The maximum Gasteiger partial charge on any atom is 0.408 e. The topological polar surface area (TPSA) is 141 Å². The van der Waals surface area contributed by atoms with Crippen molar-refractivity contribution in [3.63, 3.8) is 0 Å². The molecule has 0 bridgehead atoms. The highest BCUT2D eigenvalue weighted by Crippen LogP contribution is 2.32. The number of esters is 2. The van der Waals surface area contributed by atoms with Crippen LogP contribution in [0, 0.1) is 5.92 Å². The minimum Gasteiger partial charge on any atom is -0.467 e. The number of methoxy groups -OCH3 is 1. The van der Waals surface area contributed by atoms with Crippen LogP contribution in [0.2, 0.25) is 0 Å². The van der Waals surface area contributed by atoms with Gasteiger partial charge in [-0.15, -0.1) is 11.8 Å². The Balaban J connectivity index is 2.76. The second-order valence-electron chi connectivity index (χ2n) is 7.74. The Bertz CT molecular complexity index is 580. The fourth-order valence-corrected chi connectivity index (χ4v) is 3.73. The fourth-order valence-electron chi connectivity index (χ4n) is 2.55. The van der Waals surface area contributed by atoms with Gasteiger partial charge in [0.15, 0.2) is 0 Å². The van der Waals surface area contributed by atoms with E-state index >= 15 is 0 Å². The number of carbonyl (C=O) groups excluding carboxylic acids is 3. The molecule has 0 spiro atoms. The summed E-state index contributed by atoms with van der Waals surface area (Å²) in [6.45, 7) is 7.91. The molecular weight excluding hydrogens is 406 g/mol. The summed E-state index contributed by atoms with van der Waals surface area (Å²) in [6, 6.07) is -1.06. The molecule has 1 aliphatic rings. The van der Waals surface area contributed by atoms with E-state index in [0.717, 1.165) is 11.8 Å². The average Bonchev–Trinajstić information content (AvgIpc) is 2.61. The largest absolute Gasteiger partial charge is 0.467 e. The van der Waals surface area contributed by atoms with Crippen molar-refractivity contribution in [2.45, 2.75) is 70.0 Å². The number of rotatable bonds is 7. The van der Waals surface area contributed by atoms with Crippen LogP contribution in [0.15, 0.2) is 0 Å². The molecule has 6 atom stereocenters. The van der Waals surface area contributed by atoms with Crippen LogP contribution in [-0.4, -0.2) is 83.1 Å². The van der Waals surface area contributed by atoms with E-state index in [0.29, 0.717) is 0 Å². The first kappa shape index (κ1) is 25.5. The molecule has 0 aromatic carbocycles. The summed E-state index contributed by atoms with van der Waals surface area (Å²) in [5.74, 6) is -1.66. The van der Waals surface area contributed by atoms with Crippen molar-refractivity contribution in [2.75, 3.05) is 19.5 Å². The van der Waals surface area contributed by atoms with Gasteiger partial charge in [0.25, 0.3) is 0 Å². The van der Waals surface area contributed by atoms with Gasteiger partial charge in [-0.3, -0.25) is 4.79 Å². The van der Waals surface area contributed by atoms with E-state index in [4.69, 9.17) is 18.9 Å². The van der Waals surface area contributed by atoms with E-state index in [2.05, 4.69) is 5.32 Å². The highest BCUT2D eigenvalue weighted by atomic mass is 32.2. The second kappa shape index (κ2) is 11.0. The zero-order valence-electron chi connectivity index (χ0n) is 17.5. The summed E-state index contributed by atoms with van der Waals surface area (Å²) in [4.78, 5) is 35.0. The van der Waals surface area contributed by atoms with Crippen LogP contribution in [-0.2, 0) is 28.5 Å². The summed E-state index contributed by atoms with van der Waals surface area (Å²) >= 11 is 1.02. The van der Waals surface area contributed by atoms with E-state index in [9.17, 15) is 24.6 Å². The lowest BCUT2D eigenvalue weighted by Gasteiger charge is -2.41. The quantitative estimate of drug-likeness (QED) is 0.379. The van der Waals surface area contributed by atoms with Gasteiger partial charge in [-0.25, -0.2) is 9.59 Å². The molecule has 0 radical (unpaired) electrons. The van der Waals surface area contributed by atoms with E-state index in [1.807, 2.05) is 0 Å². The summed E-state index contributed by atoms with van der Waals surface area (Å²) < 4.78 is 20.6. The third-order valence-electron chi connectivity index (χ3n) is 4.12. The Morgan fingerprint density at radius 2 is 1.83 bits per heavy atom. The number of alkyl carbamates (subject to hydrolysis) is 1. The Morgan fingerprint density at radius 1 is 1.21 bits per heavy atom. The second-order valence-corrected chi connectivity index (χ2v) is 8.87. The lowest BCUT2D eigenvalue weighted by molar-refractivity contribution is -0.184. The number of nitrogens with one attached hydrogen (secondary N) is 1. The van der Waals surface area contributed by atoms with Crippen molar-refractivity contribution in [1.29, 1.82) is 0 Å². The van der Waals surface area contributed by atoms with E-state index in [1.54, 1.807) is 27.7 Å². The van der Waals surface area contributed by atoms with Crippen LogP contribution >= 0.6 is 11.8 Å². The van der Waals surface area contributed by atoms with Crippen molar-refractivity contribution < 1.29 is 43.5 Å². The molecule has 1 saturated heterocycles. The van der Waals surface area contributed by atoms with Crippen LogP contribution in [0.5, 0.6) is 0 Å². The minimum absolute atomic E-state index is 0.00493. The highest BCUT2D eigenvalue weighted by molar-refractivity contribution is 7.99. The third kappa shape index (κ3) is 8.37. The summed E-state index contributed by atoms with van der Waals surface area (Å²) in [5, 5.41) is 23.0. The fraction of sp³-hybridized carbons (Fsp3) is 0.833. The molecule has 1 heterocycles. The van der Waals surface area contributed by atoms with Crippen molar-refractivity contribution in [2.24, 2.45) is 5.92 Å². The Hall–Kier alpha value is -1.56. The molecule has 10 nitrogen and oxygen atoms in total. The zero-order valence-corrected chi connectivity index (χ0v) is 18.4.